The lowest BCUT2D eigenvalue weighted by Gasteiger charge is -2.10. The van der Waals surface area contributed by atoms with Crippen LogP contribution in [0, 0.1) is 0 Å². The molecule has 0 fully saturated rings. The van der Waals surface area contributed by atoms with Gasteiger partial charge in [-0.2, -0.15) is 0 Å². The summed E-state index contributed by atoms with van der Waals surface area (Å²) in [6, 6.07) is 30.6. The van der Waals surface area contributed by atoms with Crippen LogP contribution in [0.25, 0.3) is 16.4 Å². The molecule has 0 saturated carbocycles. The number of nitrogens with zero attached hydrogens (tertiary/aromatic N) is 4. The van der Waals surface area contributed by atoms with Gasteiger partial charge in [0.25, 0.3) is 5.91 Å². The fraction of sp³-hybridized carbons (Fsp3) is 0. The van der Waals surface area contributed by atoms with Crippen molar-refractivity contribution in [2.75, 3.05) is 5.32 Å². The molecular weight excluding hydrogens is 535 g/mol. The van der Waals surface area contributed by atoms with E-state index in [0.29, 0.717) is 15.7 Å². The standard InChI is InChI=1S/C28H19N5O2S3/c34-26(19-8-3-1-4-9-19)30-24-18-29-28(37-24)38-27-32-31-25(23-12-7-17-36-23)33(27)20-13-15-22(16-14-20)35-21-10-5-2-6-11-21/h1-18H,(H,30,34). The number of para-hydroxylation sites is 1. The number of thiophene rings is 1. The molecule has 0 bridgehead atoms. The second-order valence-corrected chi connectivity index (χ2v) is 11.1. The fourth-order valence-electron chi connectivity index (χ4n) is 3.64. The van der Waals surface area contributed by atoms with Gasteiger partial charge in [0.2, 0.25) is 5.16 Å². The van der Waals surface area contributed by atoms with Crippen molar-refractivity contribution in [2.24, 2.45) is 0 Å². The Balaban J connectivity index is 1.26. The van der Waals surface area contributed by atoms with E-state index in [9.17, 15) is 4.79 Å². The molecule has 38 heavy (non-hydrogen) atoms. The number of ether oxygens (including phenoxy) is 1. The van der Waals surface area contributed by atoms with Gasteiger partial charge in [-0.3, -0.25) is 9.36 Å². The zero-order chi connectivity index (χ0) is 25.7. The van der Waals surface area contributed by atoms with E-state index in [4.69, 9.17) is 4.74 Å². The zero-order valence-corrected chi connectivity index (χ0v) is 22.2. The first kappa shape index (κ1) is 24.1. The number of carbonyl (C=O) groups excluding carboxylic acids is 1. The first-order chi connectivity index (χ1) is 18.7. The Hall–Kier alpha value is -4.25. The average molecular weight is 554 g/mol. The third-order valence-corrected chi connectivity index (χ3v) is 8.18. The maximum atomic E-state index is 12.5. The van der Waals surface area contributed by atoms with Gasteiger partial charge in [-0.05, 0) is 71.7 Å². The van der Waals surface area contributed by atoms with E-state index >= 15 is 0 Å². The Kier molecular flexibility index (Phi) is 6.99. The number of amides is 1. The molecule has 0 aliphatic heterocycles. The highest BCUT2D eigenvalue weighted by molar-refractivity contribution is 8.01. The van der Waals surface area contributed by atoms with Crippen molar-refractivity contribution in [2.45, 2.75) is 9.50 Å². The second kappa shape index (κ2) is 11.0. The van der Waals surface area contributed by atoms with E-state index in [1.54, 1.807) is 29.7 Å². The van der Waals surface area contributed by atoms with Crippen LogP contribution >= 0.6 is 34.4 Å². The summed E-state index contributed by atoms with van der Waals surface area (Å²) in [5.41, 5.74) is 1.49. The Morgan fingerprint density at radius 1 is 0.842 bits per heavy atom. The molecule has 1 amide bonds. The summed E-state index contributed by atoms with van der Waals surface area (Å²) in [5.74, 6) is 2.08. The number of thiazole rings is 1. The van der Waals surface area contributed by atoms with Gasteiger partial charge >= 0.3 is 0 Å². The Labute approximate surface area is 230 Å². The highest BCUT2D eigenvalue weighted by Crippen LogP contribution is 2.37. The van der Waals surface area contributed by atoms with Crippen LogP contribution in [0.2, 0.25) is 0 Å². The van der Waals surface area contributed by atoms with Crippen LogP contribution in [0.3, 0.4) is 0 Å². The number of benzene rings is 3. The van der Waals surface area contributed by atoms with Crippen LogP contribution in [0.4, 0.5) is 5.00 Å². The van der Waals surface area contributed by atoms with Crippen LogP contribution in [0.5, 0.6) is 11.5 Å². The third-order valence-electron chi connectivity index (χ3n) is 5.38. The van der Waals surface area contributed by atoms with Gasteiger partial charge in [-0.1, -0.05) is 53.8 Å². The molecule has 3 aromatic carbocycles. The predicted molar refractivity (Wildman–Crippen MR) is 152 cm³/mol. The maximum Gasteiger partial charge on any atom is 0.256 e. The van der Waals surface area contributed by atoms with Gasteiger partial charge in [-0.25, -0.2) is 4.98 Å². The highest BCUT2D eigenvalue weighted by Gasteiger charge is 2.19. The maximum absolute atomic E-state index is 12.5. The van der Waals surface area contributed by atoms with Crippen LogP contribution in [0.15, 0.2) is 118 Å². The summed E-state index contributed by atoms with van der Waals surface area (Å²) in [6.07, 6.45) is 1.66. The number of aromatic nitrogens is 4. The topological polar surface area (TPSA) is 81.9 Å². The smallest absolute Gasteiger partial charge is 0.256 e. The summed E-state index contributed by atoms with van der Waals surface area (Å²) < 4.78 is 8.70. The summed E-state index contributed by atoms with van der Waals surface area (Å²) >= 11 is 4.38. The molecule has 0 aliphatic carbocycles. The Morgan fingerprint density at radius 3 is 2.32 bits per heavy atom. The van der Waals surface area contributed by atoms with Crippen LogP contribution in [0.1, 0.15) is 10.4 Å². The van der Waals surface area contributed by atoms with Crippen molar-refractivity contribution in [1.82, 2.24) is 19.7 Å². The van der Waals surface area contributed by atoms with E-state index in [-0.39, 0.29) is 5.91 Å². The second-order valence-electron chi connectivity index (χ2n) is 7.94. The first-order valence-electron chi connectivity index (χ1n) is 11.6. The van der Waals surface area contributed by atoms with Crippen molar-refractivity contribution in [3.05, 3.63) is 114 Å². The summed E-state index contributed by atoms with van der Waals surface area (Å²) in [4.78, 5) is 18.0. The highest BCUT2D eigenvalue weighted by atomic mass is 32.2. The molecule has 186 valence electrons. The predicted octanol–water partition coefficient (Wildman–Crippen LogP) is 7.65. The minimum absolute atomic E-state index is 0.174. The lowest BCUT2D eigenvalue weighted by atomic mass is 10.2. The SMILES string of the molecule is O=C(Nc1cnc(Sc2nnc(-c3cccs3)n2-c2ccc(Oc3ccccc3)cc2)s1)c1ccccc1. The number of hydrogen-bond donors (Lipinski definition) is 1. The van der Waals surface area contributed by atoms with E-state index in [1.807, 2.05) is 94.9 Å². The summed E-state index contributed by atoms with van der Waals surface area (Å²) in [5, 5.41) is 15.2. The number of rotatable bonds is 8. The van der Waals surface area contributed by atoms with Crippen LogP contribution < -0.4 is 10.1 Å². The molecule has 0 radical (unpaired) electrons. The van der Waals surface area contributed by atoms with Gasteiger partial charge in [-0.15, -0.1) is 21.5 Å². The van der Waals surface area contributed by atoms with Gasteiger partial charge in [0.05, 0.1) is 16.8 Å². The number of hydrogen-bond acceptors (Lipinski definition) is 8. The molecule has 0 unspecified atom stereocenters. The molecule has 6 rings (SSSR count). The molecule has 6 aromatic rings. The molecule has 7 nitrogen and oxygen atoms in total. The van der Waals surface area contributed by atoms with Crippen molar-refractivity contribution < 1.29 is 9.53 Å². The quantitative estimate of drug-likeness (QED) is 0.208. The lowest BCUT2D eigenvalue weighted by Crippen LogP contribution is -2.10. The molecule has 1 N–H and O–H groups in total. The van der Waals surface area contributed by atoms with Gasteiger partial charge in [0.1, 0.15) is 16.5 Å². The average Bonchev–Trinajstić information content (AvgIpc) is 3.72. The van der Waals surface area contributed by atoms with E-state index in [0.717, 1.165) is 32.2 Å². The molecule has 3 heterocycles. The normalized spacial score (nSPS) is 10.8. The molecule has 0 saturated heterocycles. The molecule has 0 atom stereocenters. The Bertz CT molecular complexity index is 1650. The molecule has 0 spiro atoms. The molecule has 10 heteroatoms. The largest absolute Gasteiger partial charge is 0.457 e. The van der Waals surface area contributed by atoms with Crippen LogP contribution in [-0.4, -0.2) is 25.7 Å². The molecule has 0 aliphatic rings. The Morgan fingerprint density at radius 2 is 1.58 bits per heavy atom. The number of carbonyl (C=O) groups is 1. The molecular formula is C28H19N5O2S3. The summed E-state index contributed by atoms with van der Waals surface area (Å²) in [6.45, 7) is 0. The van der Waals surface area contributed by atoms with Gasteiger partial charge < -0.3 is 10.1 Å². The number of nitrogens with one attached hydrogen (secondary N) is 1. The minimum atomic E-state index is -0.174. The van der Waals surface area contributed by atoms with E-state index in [1.165, 1.54) is 23.1 Å². The lowest BCUT2D eigenvalue weighted by molar-refractivity contribution is 0.102. The van der Waals surface area contributed by atoms with Crippen molar-refractivity contribution in [1.29, 1.82) is 0 Å². The first-order valence-corrected chi connectivity index (χ1v) is 14.1. The third kappa shape index (κ3) is 5.37. The van der Waals surface area contributed by atoms with E-state index < -0.39 is 0 Å². The van der Waals surface area contributed by atoms with Gasteiger partial charge in [0, 0.05) is 5.56 Å². The number of anilines is 1. The zero-order valence-electron chi connectivity index (χ0n) is 19.7. The van der Waals surface area contributed by atoms with Crippen molar-refractivity contribution in [3.63, 3.8) is 0 Å². The minimum Gasteiger partial charge on any atom is -0.457 e. The van der Waals surface area contributed by atoms with Crippen molar-refractivity contribution in [3.8, 4) is 27.9 Å². The van der Waals surface area contributed by atoms with Gasteiger partial charge in [0.15, 0.2) is 10.2 Å². The van der Waals surface area contributed by atoms with Crippen LogP contribution in [-0.2, 0) is 0 Å². The van der Waals surface area contributed by atoms with Crippen molar-refractivity contribution >= 4 is 45.3 Å². The fourth-order valence-corrected chi connectivity index (χ4v) is 6.16. The summed E-state index contributed by atoms with van der Waals surface area (Å²) in [7, 11) is 0. The monoisotopic (exact) mass is 553 g/mol. The van der Waals surface area contributed by atoms with E-state index in [2.05, 4.69) is 20.5 Å². The molecule has 3 aromatic heterocycles.